The monoisotopic (exact) mass is 429 g/mol. The van der Waals surface area contributed by atoms with Gasteiger partial charge < -0.3 is 5.32 Å². The molecule has 2 aromatic rings. The van der Waals surface area contributed by atoms with Crippen molar-refractivity contribution in [3.05, 3.63) is 59.2 Å². The Morgan fingerprint density at radius 2 is 1.97 bits per heavy atom. The van der Waals surface area contributed by atoms with Gasteiger partial charge in [-0.15, -0.1) is 0 Å². The van der Waals surface area contributed by atoms with Gasteiger partial charge in [0.2, 0.25) is 11.8 Å². The van der Waals surface area contributed by atoms with E-state index in [4.69, 9.17) is 4.99 Å². The number of aliphatic imine (C=N–C) groups is 1. The lowest BCUT2D eigenvalue weighted by Crippen LogP contribution is -2.35. The summed E-state index contributed by atoms with van der Waals surface area (Å²) in [6, 6.07) is 8.98. The molecule has 5 nitrogen and oxygen atoms in total. The third-order valence-electron chi connectivity index (χ3n) is 5.02. The first-order valence-electron chi connectivity index (χ1n) is 9.72. The maximum absolute atomic E-state index is 13.8. The first kappa shape index (κ1) is 20.5. The van der Waals surface area contributed by atoms with Crippen molar-refractivity contribution in [1.29, 1.82) is 0 Å². The third-order valence-corrected chi connectivity index (χ3v) is 6.17. The lowest BCUT2D eigenvalue weighted by atomic mass is 10.1. The molecule has 1 saturated carbocycles. The van der Waals surface area contributed by atoms with Gasteiger partial charge in [0, 0.05) is 18.5 Å². The maximum Gasteiger partial charge on any atom is 0.242 e. The number of anilines is 1. The Morgan fingerprint density at radius 3 is 2.63 bits per heavy atom. The molecule has 0 radical (unpaired) electrons. The molecule has 1 atom stereocenters. The molecule has 1 saturated heterocycles. The topological polar surface area (TPSA) is 61.8 Å². The number of halogens is 2. The lowest BCUT2D eigenvalue weighted by Gasteiger charge is -2.15. The average Bonchev–Trinajstić information content (AvgIpc) is 3.46. The fourth-order valence-electron chi connectivity index (χ4n) is 3.36. The van der Waals surface area contributed by atoms with E-state index in [0.29, 0.717) is 11.2 Å². The van der Waals surface area contributed by atoms with Crippen molar-refractivity contribution in [2.45, 2.75) is 44.4 Å². The fraction of sp³-hybridized carbons (Fsp3) is 0.318. The molecule has 8 heteroatoms. The van der Waals surface area contributed by atoms with E-state index in [2.05, 4.69) is 5.32 Å². The normalized spacial score (nSPS) is 20.1. The second kappa shape index (κ2) is 8.18. The number of carbonyl (C=O) groups is 2. The van der Waals surface area contributed by atoms with E-state index in [9.17, 15) is 18.4 Å². The molecule has 2 aromatic carbocycles. The molecule has 156 valence electrons. The molecule has 4 rings (SSSR count). The van der Waals surface area contributed by atoms with Gasteiger partial charge in [0.1, 0.15) is 16.9 Å². The molecule has 1 aliphatic heterocycles. The van der Waals surface area contributed by atoms with E-state index in [1.54, 1.807) is 4.90 Å². The Balaban J connectivity index is 1.51. The SMILES string of the molecule is Cc1ccc(N=C2SC(CC(=O)Nc3ccc(F)cc3F)C(=O)N2C2CC2)c(C)c1. The van der Waals surface area contributed by atoms with Crippen molar-refractivity contribution in [3.63, 3.8) is 0 Å². The van der Waals surface area contributed by atoms with E-state index >= 15 is 0 Å². The molecule has 2 fully saturated rings. The Morgan fingerprint density at radius 1 is 1.20 bits per heavy atom. The summed E-state index contributed by atoms with van der Waals surface area (Å²) in [6.45, 7) is 3.98. The van der Waals surface area contributed by atoms with Crippen LogP contribution in [0.15, 0.2) is 41.4 Å². The molecule has 2 amide bonds. The van der Waals surface area contributed by atoms with Gasteiger partial charge in [-0.2, -0.15) is 0 Å². The number of nitrogens with one attached hydrogen (secondary N) is 1. The lowest BCUT2D eigenvalue weighted by molar-refractivity contribution is -0.128. The fourth-order valence-corrected chi connectivity index (χ4v) is 4.56. The zero-order valence-electron chi connectivity index (χ0n) is 16.6. The minimum atomic E-state index is -0.856. The highest BCUT2D eigenvalue weighted by Crippen LogP contribution is 2.40. The largest absolute Gasteiger partial charge is 0.324 e. The summed E-state index contributed by atoms with van der Waals surface area (Å²) in [5.74, 6) is -2.24. The average molecular weight is 429 g/mol. The van der Waals surface area contributed by atoms with E-state index < -0.39 is 22.8 Å². The van der Waals surface area contributed by atoms with Crippen LogP contribution in [0.5, 0.6) is 0 Å². The molecule has 0 bridgehead atoms. The molecule has 1 unspecified atom stereocenters. The number of aryl methyl sites for hydroxylation is 2. The summed E-state index contributed by atoms with van der Waals surface area (Å²) >= 11 is 1.26. The predicted molar refractivity (Wildman–Crippen MR) is 114 cm³/mol. The summed E-state index contributed by atoms with van der Waals surface area (Å²) in [5.41, 5.74) is 2.83. The van der Waals surface area contributed by atoms with Gasteiger partial charge in [-0.25, -0.2) is 13.8 Å². The molecule has 1 heterocycles. The van der Waals surface area contributed by atoms with Gasteiger partial charge in [0.05, 0.1) is 11.4 Å². The number of hydrogen-bond donors (Lipinski definition) is 1. The third kappa shape index (κ3) is 4.38. The van der Waals surface area contributed by atoms with Crippen molar-refractivity contribution in [3.8, 4) is 0 Å². The molecule has 0 spiro atoms. The number of rotatable bonds is 5. The molecular weight excluding hydrogens is 408 g/mol. The Bertz CT molecular complexity index is 1050. The minimum Gasteiger partial charge on any atom is -0.324 e. The van der Waals surface area contributed by atoms with Crippen LogP contribution in [-0.4, -0.2) is 33.2 Å². The molecule has 30 heavy (non-hydrogen) atoms. The quantitative estimate of drug-likeness (QED) is 0.749. The summed E-state index contributed by atoms with van der Waals surface area (Å²) in [6.07, 6.45) is 1.71. The number of nitrogens with zero attached hydrogens (tertiary/aromatic N) is 2. The summed E-state index contributed by atoms with van der Waals surface area (Å²) in [7, 11) is 0. The van der Waals surface area contributed by atoms with E-state index in [-0.39, 0.29) is 24.1 Å². The van der Waals surface area contributed by atoms with Crippen LogP contribution in [0.4, 0.5) is 20.2 Å². The summed E-state index contributed by atoms with van der Waals surface area (Å²) < 4.78 is 26.8. The number of carbonyl (C=O) groups excluding carboxylic acids is 2. The van der Waals surface area contributed by atoms with Crippen LogP contribution in [0, 0.1) is 25.5 Å². The number of thioether (sulfide) groups is 1. The predicted octanol–water partition coefficient (Wildman–Crippen LogP) is 4.70. The smallest absolute Gasteiger partial charge is 0.242 e. The van der Waals surface area contributed by atoms with Crippen LogP contribution in [0.3, 0.4) is 0 Å². The zero-order chi connectivity index (χ0) is 21.4. The highest BCUT2D eigenvalue weighted by Gasteiger charge is 2.46. The molecule has 1 N–H and O–H groups in total. The standard InChI is InChI=1S/C22H21F2N3O2S/c1-12-3-7-17(13(2)9-12)26-22-27(15-5-6-15)21(29)19(30-22)11-20(28)25-18-8-4-14(23)10-16(18)24/h3-4,7-10,15,19H,5-6,11H2,1-2H3,(H,25,28). The van der Waals surface area contributed by atoms with Gasteiger partial charge >= 0.3 is 0 Å². The summed E-state index contributed by atoms with van der Waals surface area (Å²) in [4.78, 5) is 31.8. The molecule has 0 aromatic heterocycles. The van der Waals surface area contributed by atoms with Crippen molar-refractivity contribution >= 4 is 40.1 Å². The van der Waals surface area contributed by atoms with Crippen LogP contribution in [0.2, 0.25) is 0 Å². The number of amides is 2. The first-order chi connectivity index (χ1) is 14.3. The Kier molecular flexibility index (Phi) is 5.60. The maximum atomic E-state index is 13.8. The van der Waals surface area contributed by atoms with E-state index in [1.807, 2.05) is 32.0 Å². The van der Waals surface area contributed by atoms with Gasteiger partial charge in [0.15, 0.2) is 5.17 Å². The highest BCUT2D eigenvalue weighted by atomic mass is 32.2. The van der Waals surface area contributed by atoms with Crippen LogP contribution < -0.4 is 5.32 Å². The second-order valence-electron chi connectivity index (χ2n) is 7.61. The molecular formula is C22H21F2N3O2S. The summed E-state index contributed by atoms with van der Waals surface area (Å²) in [5, 5.41) is 2.39. The number of hydrogen-bond acceptors (Lipinski definition) is 4. The minimum absolute atomic E-state index is 0.111. The van der Waals surface area contributed by atoms with Gasteiger partial charge in [-0.05, 0) is 50.5 Å². The van der Waals surface area contributed by atoms with Crippen LogP contribution in [-0.2, 0) is 9.59 Å². The van der Waals surface area contributed by atoms with Crippen LogP contribution >= 0.6 is 11.8 Å². The van der Waals surface area contributed by atoms with Crippen molar-refractivity contribution in [2.24, 2.45) is 4.99 Å². The van der Waals surface area contributed by atoms with Gasteiger partial charge in [-0.1, -0.05) is 29.5 Å². The molecule has 2 aliphatic rings. The van der Waals surface area contributed by atoms with E-state index in [1.165, 1.54) is 11.8 Å². The highest BCUT2D eigenvalue weighted by molar-refractivity contribution is 8.15. The molecule has 1 aliphatic carbocycles. The van der Waals surface area contributed by atoms with Crippen LogP contribution in [0.1, 0.15) is 30.4 Å². The Labute approximate surface area is 177 Å². The first-order valence-corrected chi connectivity index (χ1v) is 10.6. The second-order valence-corrected chi connectivity index (χ2v) is 8.78. The van der Waals surface area contributed by atoms with E-state index in [0.717, 1.165) is 41.8 Å². The van der Waals surface area contributed by atoms with Crippen molar-refractivity contribution in [1.82, 2.24) is 4.90 Å². The zero-order valence-corrected chi connectivity index (χ0v) is 17.4. The number of amidine groups is 1. The number of benzene rings is 2. The van der Waals surface area contributed by atoms with Crippen LogP contribution in [0.25, 0.3) is 0 Å². The van der Waals surface area contributed by atoms with Gasteiger partial charge in [0.25, 0.3) is 0 Å². The van der Waals surface area contributed by atoms with Crippen molar-refractivity contribution < 1.29 is 18.4 Å². The Hall–Kier alpha value is -2.74. The van der Waals surface area contributed by atoms with Crippen molar-refractivity contribution in [2.75, 3.05) is 5.32 Å². The van der Waals surface area contributed by atoms with Gasteiger partial charge in [-0.3, -0.25) is 14.5 Å².